The Bertz CT molecular complexity index is 466. The summed E-state index contributed by atoms with van der Waals surface area (Å²) in [7, 11) is 0. The molecule has 0 aromatic heterocycles. The molecule has 0 aliphatic heterocycles. The van der Waals surface area contributed by atoms with Crippen molar-refractivity contribution in [2.75, 3.05) is 19.7 Å². The SMILES string of the molecule is CCCCCC=CCCCCCN(CC(O)CO)C(=O)CCCCCCCCCCCCCCC. The van der Waals surface area contributed by atoms with E-state index in [1.165, 1.54) is 96.3 Å². The van der Waals surface area contributed by atoms with E-state index in [2.05, 4.69) is 26.0 Å². The van der Waals surface area contributed by atoms with E-state index in [1.807, 2.05) is 0 Å². The van der Waals surface area contributed by atoms with E-state index in [1.54, 1.807) is 4.90 Å². The highest BCUT2D eigenvalue weighted by molar-refractivity contribution is 5.76. The molecule has 4 heteroatoms. The largest absolute Gasteiger partial charge is 0.394 e. The first-order chi connectivity index (χ1) is 17.2. The quantitative estimate of drug-likeness (QED) is 0.0889. The molecule has 0 heterocycles. The van der Waals surface area contributed by atoms with Gasteiger partial charge in [-0.2, -0.15) is 0 Å². The molecule has 1 amide bonds. The molecule has 2 N–H and O–H groups in total. The fourth-order valence-corrected chi connectivity index (χ4v) is 4.57. The van der Waals surface area contributed by atoms with E-state index in [0.29, 0.717) is 13.0 Å². The van der Waals surface area contributed by atoms with Crippen LogP contribution in [0, 0.1) is 0 Å². The van der Waals surface area contributed by atoms with Crippen molar-refractivity contribution in [1.82, 2.24) is 4.90 Å². The topological polar surface area (TPSA) is 60.8 Å². The van der Waals surface area contributed by atoms with Crippen LogP contribution in [0.15, 0.2) is 12.2 Å². The lowest BCUT2D eigenvalue weighted by atomic mass is 10.0. The lowest BCUT2D eigenvalue weighted by molar-refractivity contribution is -0.133. The normalized spacial score (nSPS) is 12.5. The maximum absolute atomic E-state index is 12.7. The highest BCUT2D eigenvalue weighted by Gasteiger charge is 2.16. The molecule has 0 fully saturated rings. The lowest BCUT2D eigenvalue weighted by Gasteiger charge is -2.25. The number of aliphatic hydroxyl groups excluding tert-OH is 2. The van der Waals surface area contributed by atoms with E-state index in [4.69, 9.17) is 0 Å². The van der Waals surface area contributed by atoms with Crippen molar-refractivity contribution < 1.29 is 15.0 Å². The van der Waals surface area contributed by atoms with Gasteiger partial charge in [0.2, 0.25) is 5.91 Å². The first kappa shape index (κ1) is 34.1. The van der Waals surface area contributed by atoms with Gasteiger partial charge in [0.25, 0.3) is 0 Å². The fraction of sp³-hybridized carbons (Fsp3) is 0.903. The number of allylic oxidation sites excluding steroid dienone is 2. The van der Waals surface area contributed by atoms with Crippen LogP contribution in [0.4, 0.5) is 0 Å². The van der Waals surface area contributed by atoms with Crippen LogP contribution in [0.3, 0.4) is 0 Å². The Labute approximate surface area is 219 Å². The summed E-state index contributed by atoms with van der Waals surface area (Å²) in [6.07, 6.45) is 30.6. The highest BCUT2D eigenvalue weighted by atomic mass is 16.3. The van der Waals surface area contributed by atoms with Gasteiger partial charge < -0.3 is 15.1 Å². The molecule has 0 rings (SSSR count). The predicted octanol–water partition coefficient (Wildman–Crippen LogP) is 8.35. The molecule has 0 aliphatic carbocycles. The van der Waals surface area contributed by atoms with Gasteiger partial charge in [0.15, 0.2) is 0 Å². The molecule has 35 heavy (non-hydrogen) atoms. The summed E-state index contributed by atoms with van der Waals surface area (Å²) in [6, 6.07) is 0. The fourth-order valence-electron chi connectivity index (χ4n) is 4.57. The molecule has 0 radical (unpaired) electrons. The van der Waals surface area contributed by atoms with Crippen LogP contribution in [0.2, 0.25) is 0 Å². The summed E-state index contributed by atoms with van der Waals surface area (Å²) in [4.78, 5) is 14.5. The Morgan fingerprint density at radius 1 is 0.657 bits per heavy atom. The molecule has 1 unspecified atom stereocenters. The zero-order chi connectivity index (χ0) is 25.8. The van der Waals surface area contributed by atoms with Crippen LogP contribution in [-0.2, 0) is 4.79 Å². The van der Waals surface area contributed by atoms with Crippen LogP contribution in [-0.4, -0.2) is 46.8 Å². The smallest absolute Gasteiger partial charge is 0.222 e. The number of rotatable bonds is 27. The number of carbonyl (C=O) groups excluding carboxylic acids is 1. The van der Waals surface area contributed by atoms with Crippen LogP contribution in [0.5, 0.6) is 0 Å². The Kier molecular flexibility index (Phi) is 27.0. The summed E-state index contributed by atoms with van der Waals surface area (Å²) in [6.45, 7) is 5.16. The molecule has 0 aliphatic rings. The standard InChI is InChI=1S/C31H61NO3/c1-3-5-7-9-11-13-15-16-17-18-20-22-24-26-31(35)32(28-30(34)29-33)27-25-23-21-19-14-12-10-8-6-4-2/h12,14,30,33-34H,3-11,13,15-29H2,1-2H3. The second-order valence-electron chi connectivity index (χ2n) is 10.5. The monoisotopic (exact) mass is 495 g/mol. The Balaban J connectivity index is 3.84. The number of amides is 1. The highest BCUT2D eigenvalue weighted by Crippen LogP contribution is 2.14. The molecule has 0 saturated carbocycles. The minimum absolute atomic E-state index is 0.136. The number of hydrogen-bond acceptors (Lipinski definition) is 3. The molecular weight excluding hydrogens is 434 g/mol. The van der Waals surface area contributed by atoms with Crippen LogP contribution >= 0.6 is 0 Å². The minimum Gasteiger partial charge on any atom is -0.394 e. The van der Waals surface area contributed by atoms with E-state index >= 15 is 0 Å². The molecule has 0 aromatic carbocycles. The van der Waals surface area contributed by atoms with Crippen LogP contribution in [0.25, 0.3) is 0 Å². The van der Waals surface area contributed by atoms with Crippen LogP contribution in [0.1, 0.15) is 155 Å². The summed E-state index contributed by atoms with van der Waals surface area (Å²) >= 11 is 0. The maximum atomic E-state index is 12.7. The third-order valence-electron chi connectivity index (χ3n) is 6.93. The summed E-state index contributed by atoms with van der Waals surface area (Å²) in [5.74, 6) is 0.136. The summed E-state index contributed by atoms with van der Waals surface area (Å²) < 4.78 is 0. The van der Waals surface area contributed by atoms with E-state index in [9.17, 15) is 15.0 Å². The number of aliphatic hydroxyl groups is 2. The van der Waals surface area contributed by atoms with E-state index in [-0.39, 0.29) is 19.1 Å². The number of nitrogens with zero attached hydrogens (tertiary/aromatic N) is 1. The van der Waals surface area contributed by atoms with Crippen molar-refractivity contribution in [3.63, 3.8) is 0 Å². The first-order valence-electron chi connectivity index (χ1n) is 15.4. The van der Waals surface area contributed by atoms with Crippen molar-refractivity contribution in [3.05, 3.63) is 12.2 Å². The van der Waals surface area contributed by atoms with Gasteiger partial charge in [-0.15, -0.1) is 0 Å². The van der Waals surface area contributed by atoms with Gasteiger partial charge in [0.1, 0.15) is 0 Å². The molecule has 0 spiro atoms. The Hall–Kier alpha value is -0.870. The van der Waals surface area contributed by atoms with Crippen molar-refractivity contribution in [3.8, 4) is 0 Å². The second kappa shape index (κ2) is 27.7. The van der Waals surface area contributed by atoms with Gasteiger partial charge in [0.05, 0.1) is 12.7 Å². The van der Waals surface area contributed by atoms with Gasteiger partial charge in [0, 0.05) is 19.5 Å². The minimum atomic E-state index is -0.836. The van der Waals surface area contributed by atoms with E-state index < -0.39 is 6.10 Å². The molecule has 1 atom stereocenters. The van der Waals surface area contributed by atoms with Gasteiger partial charge in [-0.3, -0.25) is 4.79 Å². The summed E-state index contributed by atoms with van der Waals surface area (Å²) in [5.41, 5.74) is 0. The Morgan fingerprint density at radius 2 is 1.09 bits per heavy atom. The average Bonchev–Trinajstić information content (AvgIpc) is 2.86. The second-order valence-corrected chi connectivity index (χ2v) is 10.5. The van der Waals surface area contributed by atoms with Crippen molar-refractivity contribution in [1.29, 1.82) is 0 Å². The molecule has 0 bridgehead atoms. The molecule has 4 nitrogen and oxygen atoms in total. The first-order valence-corrected chi connectivity index (χ1v) is 15.4. The van der Waals surface area contributed by atoms with Gasteiger partial charge in [-0.25, -0.2) is 0 Å². The van der Waals surface area contributed by atoms with Gasteiger partial charge in [-0.05, 0) is 38.5 Å². The maximum Gasteiger partial charge on any atom is 0.222 e. The molecule has 0 saturated heterocycles. The number of carbonyl (C=O) groups is 1. The summed E-state index contributed by atoms with van der Waals surface area (Å²) in [5, 5.41) is 19.1. The number of unbranched alkanes of at least 4 members (excludes halogenated alkanes) is 18. The average molecular weight is 496 g/mol. The van der Waals surface area contributed by atoms with Crippen molar-refractivity contribution in [2.24, 2.45) is 0 Å². The third-order valence-corrected chi connectivity index (χ3v) is 6.93. The molecule has 208 valence electrons. The van der Waals surface area contributed by atoms with Gasteiger partial charge >= 0.3 is 0 Å². The lowest BCUT2D eigenvalue weighted by Crippen LogP contribution is -2.39. The zero-order valence-electron chi connectivity index (χ0n) is 23.7. The molecular formula is C31H61NO3. The zero-order valence-corrected chi connectivity index (χ0v) is 23.7. The van der Waals surface area contributed by atoms with Crippen molar-refractivity contribution in [2.45, 2.75) is 161 Å². The van der Waals surface area contributed by atoms with E-state index in [0.717, 1.165) is 38.5 Å². The van der Waals surface area contributed by atoms with Crippen molar-refractivity contribution >= 4 is 5.91 Å². The Morgan fingerprint density at radius 3 is 1.60 bits per heavy atom. The third kappa shape index (κ3) is 24.6. The van der Waals surface area contributed by atoms with Gasteiger partial charge in [-0.1, -0.05) is 122 Å². The van der Waals surface area contributed by atoms with Crippen LogP contribution < -0.4 is 0 Å². The number of hydrogen-bond donors (Lipinski definition) is 2. The predicted molar refractivity (Wildman–Crippen MR) is 152 cm³/mol. The molecule has 0 aromatic rings.